The molecule has 1 atom stereocenters. The normalized spacial score (nSPS) is 11.5. The molecule has 0 bridgehead atoms. The van der Waals surface area contributed by atoms with Gasteiger partial charge in [-0.3, -0.25) is 9.59 Å². The summed E-state index contributed by atoms with van der Waals surface area (Å²) < 4.78 is 5.59. The van der Waals surface area contributed by atoms with Crippen molar-refractivity contribution in [3.05, 3.63) is 112 Å². The minimum absolute atomic E-state index is 0.226. The van der Waals surface area contributed by atoms with Gasteiger partial charge in [-0.25, -0.2) is 4.79 Å². The fourth-order valence-electron chi connectivity index (χ4n) is 3.76. The van der Waals surface area contributed by atoms with E-state index in [0.717, 1.165) is 16.3 Å². The SMILES string of the molecule is COC(=O)[C@H](Cc1ccccc1)NC(=O)c1ccc(Br)cc1NC(=O)c1ccc2ccccc2c1. The molecule has 0 saturated heterocycles. The Balaban J connectivity index is 1.57. The molecule has 0 aliphatic carbocycles. The third-order valence-electron chi connectivity index (χ3n) is 5.56. The second-order valence-corrected chi connectivity index (χ2v) is 8.86. The maximum absolute atomic E-state index is 13.2. The van der Waals surface area contributed by atoms with Crippen LogP contribution in [0.1, 0.15) is 26.3 Å². The predicted molar refractivity (Wildman–Crippen MR) is 139 cm³/mol. The zero-order chi connectivity index (χ0) is 24.8. The van der Waals surface area contributed by atoms with Gasteiger partial charge in [0.05, 0.1) is 18.4 Å². The molecule has 0 fully saturated rings. The van der Waals surface area contributed by atoms with Crippen molar-refractivity contribution in [3.63, 3.8) is 0 Å². The third-order valence-corrected chi connectivity index (χ3v) is 6.05. The Morgan fingerprint density at radius 3 is 2.29 bits per heavy atom. The number of benzene rings is 4. The number of hydrogen-bond donors (Lipinski definition) is 2. The lowest BCUT2D eigenvalue weighted by Gasteiger charge is -2.18. The highest BCUT2D eigenvalue weighted by molar-refractivity contribution is 9.10. The highest BCUT2D eigenvalue weighted by atomic mass is 79.9. The number of ether oxygens (including phenoxy) is 1. The number of carbonyl (C=O) groups is 3. The number of hydrogen-bond acceptors (Lipinski definition) is 4. The van der Waals surface area contributed by atoms with Gasteiger partial charge in [-0.15, -0.1) is 0 Å². The Kier molecular flexibility index (Phi) is 7.57. The Labute approximate surface area is 211 Å². The third kappa shape index (κ3) is 5.94. The van der Waals surface area contributed by atoms with Gasteiger partial charge in [-0.1, -0.05) is 76.6 Å². The largest absolute Gasteiger partial charge is 0.467 e. The van der Waals surface area contributed by atoms with E-state index in [-0.39, 0.29) is 17.9 Å². The van der Waals surface area contributed by atoms with Crippen LogP contribution < -0.4 is 10.6 Å². The fourth-order valence-corrected chi connectivity index (χ4v) is 4.13. The molecule has 0 spiro atoms. The van der Waals surface area contributed by atoms with E-state index < -0.39 is 17.9 Å². The number of rotatable bonds is 7. The van der Waals surface area contributed by atoms with Gasteiger partial charge >= 0.3 is 5.97 Å². The van der Waals surface area contributed by atoms with Gasteiger partial charge in [-0.2, -0.15) is 0 Å². The van der Waals surface area contributed by atoms with E-state index in [4.69, 9.17) is 4.74 Å². The van der Waals surface area contributed by atoms with Gasteiger partial charge in [0, 0.05) is 16.5 Å². The minimum Gasteiger partial charge on any atom is -0.467 e. The molecular formula is C28H23BrN2O4. The fraction of sp³-hybridized carbons (Fsp3) is 0.107. The van der Waals surface area contributed by atoms with E-state index >= 15 is 0 Å². The second-order valence-electron chi connectivity index (χ2n) is 7.94. The molecule has 2 amide bonds. The summed E-state index contributed by atoms with van der Waals surface area (Å²) in [7, 11) is 1.28. The number of esters is 1. The van der Waals surface area contributed by atoms with E-state index in [1.165, 1.54) is 7.11 Å². The zero-order valence-electron chi connectivity index (χ0n) is 19.0. The second kappa shape index (κ2) is 11.0. The molecule has 0 aliphatic heterocycles. The number of fused-ring (bicyclic) bond motifs is 1. The van der Waals surface area contributed by atoms with E-state index in [9.17, 15) is 14.4 Å². The molecule has 35 heavy (non-hydrogen) atoms. The molecule has 4 aromatic rings. The summed E-state index contributed by atoms with van der Waals surface area (Å²) >= 11 is 3.40. The van der Waals surface area contributed by atoms with Crippen LogP contribution in [0.25, 0.3) is 10.8 Å². The average molecular weight is 531 g/mol. The summed E-state index contributed by atoms with van der Waals surface area (Å²) in [5.41, 5.74) is 1.89. The number of anilines is 1. The monoisotopic (exact) mass is 530 g/mol. The molecule has 4 rings (SSSR count). The summed E-state index contributed by atoms with van der Waals surface area (Å²) in [4.78, 5) is 38.6. The van der Waals surface area contributed by atoms with Crippen LogP contribution in [0.2, 0.25) is 0 Å². The van der Waals surface area contributed by atoms with E-state index in [1.807, 2.05) is 60.7 Å². The van der Waals surface area contributed by atoms with Crippen LogP contribution in [-0.4, -0.2) is 30.9 Å². The molecule has 0 aliphatic rings. The van der Waals surface area contributed by atoms with Gasteiger partial charge < -0.3 is 15.4 Å². The summed E-state index contributed by atoms with van der Waals surface area (Å²) in [6.07, 6.45) is 0.272. The lowest BCUT2D eigenvalue weighted by atomic mass is 10.0. The molecule has 0 aromatic heterocycles. The van der Waals surface area contributed by atoms with Gasteiger partial charge in [0.25, 0.3) is 11.8 Å². The van der Waals surface area contributed by atoms with Crippen LogP contribution in [0.5, 0.6) is 0 Å². The Morgan fingerprint density at radius 2 is 1.54 bits per heavy atom. The molecule has 7 heteroatoms. The van der Waals surface area contributed by atoms with Crippen LogP contribution in [0.3, 0.4) is 0 Å². The molecule has 0 heterocycles. The number of methoxy groups -OCH3 is 1. The Morgan fingerprint density at radius 1 is 0.829 bits per heavy atom. The number of halogens is 1. The van der Waals surface area contributed by atoms with Crippen LogP contribution in [0.15, 0.2) is 95.5 Å². The minimum atomic E-state index is -0.886. The standard InChI is InChI=1S/C28H23BrN2O4/c1-35-28(34)25(15-18-7-3-2-4-8-18)31-27(33)23-14-13-22(29)17-24(23)30-26(32)21-12-11-19-9-5-6-10-20(19)16-21/h2-14,16-17,25H,15H2,1H3,(H,30,32)(H,31,33)/t25-/m0/s1. The van der Waals surface area contributed by atoms with Gasteiger partial charge in [0.1, 0.15) is 6.04 Å². The van der Waals surface area contributed by atoms with E-state index in [1.54, 1.807) is 30.3 Å². The van der Waals surface area contributed by atoms with Crippen molar-refractivity contribution in [2.45, 2.75) is 12.5 Å². The Bertz CT molecular complexity index is 1390. The summed E-state index contributed by atoms with van der Waals surface area (Å²) in [5.74, 6) is -1.41. The molecule has 176 valence electrons. The summed E-state index contributed by atoms with van der Waals surface area (Å²) in [6.45, 7) is 0. The quantitative estimate of drug-likeness (QED) is 0.314. The lowest BCUT2D eigenvalue weighted by molar-refractivity contribution is -0.142. The van der Waals surface area contributed by atoms with E-state index in [2.05, 4.69) is 26.6 Å². The average Bonchev–Trinajstić information content (AvgIpc) is 2.88. The first-order valence-electron chi connectivity index (χ1n) is 11.0. The summed E-state index contributed by atoms with van der Waals surface area (Å²) in [6, 6.07) is 26.6. The maximum Gasteiger partial charge on any atom is 0.328 e. The molecule has 2 N–H and O–H groups in total. The van der Waals surface area contributed by atoms with Gasteiger partial charge in [-0.05, 0) is 46.7 Å². The first-order valence-corrected chi connectivity index (χ1v) is 11.8. The zero-order valence-corrected chi connectivity index (χ0v) is 20.5. The molecule has 0 radical (unpaired) electrons. The lowest BCUT2D eigenvalue weighted by Crippen LogP contribution is -2.43. The van der Waals surface area contributed by atoms with Crippen LogP contribution >= 0.6 is 15.9 Å². The summed E-state index contributed by atoms with van der Waals surface area (Å²) in [5, 5.41) is 7.55. The number of nitrogens with one attached hydrogen (secondary N) is 2. The first-order chi connectivity index (χ1) is 16.9. The van der Waals surface area contributed by atoms with Gasteiger partial charge in [0.2, 0.25) is 0 Å². The van der Waals surface area contributed by atoms with Crippen molar-refractivity contribution < 1.29 is 19.1 Å². The topological polar surface area (TPSA) is 84.5 Å². The molecule has 0 saturated carbocycles. The number of amides is 2. The van der Waals surface area contributed by atoms with Crippen molar-refractivity contribution in [2.75, 3.05) is 12.4 Å². The maximum atomic E-state index is 13.2. The van der Waals surface area contributed by atoms with Crippen LogP contribution in [-0.2, 0) is 16.0 Å². The Hall–Kier alpha value is -3.97. The van der Waals surface area contributed by atoms with Crippen molar-refractivity contribution in [3.8, 4) is 0 Å². The highest BCUT2D eigenvalue weighted by Crippen LogP contribution is 2.24. The highest BCUT2D eigenvalue weighted by Gasteiger charge is 2.24. The molecule has 6 nitrogen and oxygen atoms in total. The molecule has 4 aromatic carbocycles. The van der Waals surface area contributed by atoms with Crippen molar-refractivity contribution in [1.29, 1.82) is 0 Å². The number of carbonyl (C=O) groups excluding carboxylic acids is 3. The molecular weight excluding hydrogens is 508 g/mol. The predicted octanol–water partition coefficient (Wildman–Crippen LogP) is 5.37. The van der Waals surface area contributed by atoms with Crippen LogP contribution in [0.4, 0.5) is 5.69 Å². The van der Waals surface area contributed by atoms with E-state index in [0.29, 0.717) is 15.7 Å². The molecule has 0 unspecified atom stereocenters. The smallest absolute Gasteiger partial charge is 0.328 e. The van der Waals surface area contributed by atoms with Crippen molar-refractivity contribution in [2.24, 2.45) is 0 Å². The van der Waals surface area contributed by atoms with Gasteiger partial charge in [0.15, 0.2) is 0 Å². The van der Waals surface area contributed by atoms with Crippen molar-refractivity contribution >= 4 is 50.2 Å². The first kappa shape index (κ1) is 24.2. The van der Waals surface area contributed by atoms with Crippen molar-refractivity contribution in [1.82, 2.24) is 5.32 Å². The van der Waals surface area contributed by atoms with Crippen LogP contribution in [0, 0.1) is 0 Å².